The van der Waals surface area contributed by atoms with Gasteiger partial charge in [-0.25, -0.2) is 9.97 Å². The topological polar surface area (TPSA) is 68.3 Å². The predicted octanol–water partition coefficient (Wildman–Crippen LogP) is 4.60. The van der Waals surface area contributed by atoms with E-state index in [0.29, 0.717) is 53.0 Å². The van der Waals surface area contributed by atoms with Gasteiger partial charge in [-0.2, -0.15) is 13.2 Å². The van der Waals surface area contributed by atoms with Gasteiger partial charge in [0.2, 0.25) is 5.95 Å². The van der Waals surface area contributed by atoms with E-state index >= 15 is 0 Å². The molecule has 1 aliphatic heterocycles. The lowest BCUT2D eigenvalue weighted by atomic mass is 10.2. The van der Waals surface area contributed by atoms with Crippen LogP contribution in [0, 0.1) is 0 Å². The normalized spacial score (nSPS) is 17.8. The number of piperazine rings is 1. The molecule has 0 radical (unpaired) electrons. The number of pyridine rings is 1. The van der Waals surface area contributed by atoms with Gasteiger partial charge in [-0.3, -0.25) is 0 Å². The quantitative estimate of drug-likeness (QED) is 0.546. The summed E-state index contributed by atoms with van der Waals surface area (Å²) in [6.07, 6.45) is -2.86. The smallest absolute Gasteiger partial charge is 0.392 e. The van der Waals surface area contributed by atoms with E-state index in [0.717, 1.165) is 6.07 Å². The number of nitrogens with one attached hydrogen (secondary N) is 1. The summed E-state index contributed by atoms with van der Waals surface area (Å²) in [6, 6.07) is 4.16. The summed E-state index contributed by atoms with van der Waals surface area (Å²) in [5.74, 6) is 1.17. The van der Waals surface area contributed by atoms with Gasteiger partial charge in [-0.05, 0) is 30.7 Å². The zero-order valence-corrected chi connectivity index (χ0v) is 18.2. The third-order valence-corrected chi connectivity index (χ3v) is 6.06. The van der Waals surface area contributed by atoms with Gasteiger partial charge in [0.15, 0.2) is 0 Å². The van der Waals surface area contributed by atoms with Crippen LogP contribution in [0.3, 0.4) is 0 Å². The van der Waals surface area contributed by atoms with Crippen molar-refractivity contribution < 1.29 is 18.3 Å². The lowest BCUT2D eigenvalue weighted by molar-refractivity contribution is -0.138. The van der Waals surface area contributed by atoms with E-state index in [4.69, 9.17) is 11.6 Å². The Morgan fingerprint density at radius 2 is 2.07 bits per heavy atom. The van der Waals surface area contributed by atoms with Crippen LogP contribution in [0.2, 0.25) is 5.02 Å². The van der Waals surface area contributed by atoms with Crippen LogP contribution >= 0.6 is 27.5 Å². The van der Waals surface area contributed by atoms with Crippen LogP contribution in [-0.4, -0.2) is 45.7 Å². The average molecular weight is 505 g/mol. The van der Waals surface area contributed by atoms with Crippen molar-refractivity contribution in [3.8, 4) is 0 Å². The number of fused-ring (bicyclic) bond motifs is 1. The van der Waals surface area contributed by atoms with E-state index in [1.807, 2.05) is 16.7 Å². The Morgan fingerprint density at radius 1 is 1.30 bits per heavy atom. The molecule has 0 saturated carbocycles. The molecule has 160 valence electrons. The first-order valence-electron chi connectivity index (χ1n) is 9.20. The number of alkyl halides is 3. The van der Waals surface area contributed by atoms with Crippen LogP contribution in [-0.2, 0) is 12.8 Å². The number of H-pyrrole nitrogens is 1. The number of benzene rings is 1. The van der Waals surface area contributed by atoms with Crippen molar-refractivity contribution in [3.63, 3.8) is 0 Å². The summed E-state index contributed by atoms with van der Waals surface area (Å²) in [7, 11) is 0. The van der Waals surface area contributed by atoms with E-state index in [1.54, 1.807) is 12.3 Å². The van der Waals surface area contributed by atoms with Crippen molar-refractivity contribution >= 4 is 50.3 Å². The van der Waals surface area contributed by atoms with E-state index in [9.17, 15) is 18.3 Å². The molecule has 6 nitrogen and oxygen atoms in total. The Hall–Kier alpha value is -2.04. The minimum Gasteiger partial charge on any atom is -0.392 e. The van der Waals surface area contributed by atoms with Crippen LogP contribution in [0.25, 0.3) is 11.0 Å². The minimum atomic E-state index is -4.45. The summed E-state index contributed by atoms with van der Waals surface area (Å²) in [6.45, 7) is 3.69. The highest BCUT2D eigenvalue weighted by atomic mass is 79.9. The second-order valence-corrected chi connectivity index (χ2v) is 8.46. The molecular weight excluding hydrogens is 487 g/mol. The van der Waals surface area contributed by atoms with Crippen molar-refractivity contribution in [1.82, 2.24) is 15.0 Å². The molecule has 1 saturated heterocycles. The van der Waals surface area contributed by atoms with Crippen LogP contribution in [0.5, 0.6) is 0 Å². The molecule has 11 heteroatoms. The summed E-state index contributed by atoms with van der Waals surface area (Å²) < 4.78 is 39.5. The summed E-state index contributed by atoms with van der Waals surface area (Å²) in [5, 5.41) is 9.68. The van der Waals surface area contributed by atoms with Gasteiger partial charge >= 0.3 is 6.18 Å². The van der Waals surface area contributed by atoms with E-state index < -0.39 is 11.7 Å². The third kappa shape index (κ3) is 3.95. The van der Waals surface area contributed by atoms with E-state index in [-0.39, 0.29) is 17.1 Å². The molecule has 1 fully saturated rings. The molecule has 2 aromatic heterocycles. The third-order valence-electron chi connectivity index (χ3n) is 5.12. The van der Waals surface area contributed by atoms with Crippen LogP contribution in [0.4, 0.5) is 24.9 Å². The fraction of sp³-hybridized carbons (Fsp3) is 0.368. The molecule has 3 aromatic rings. The Bertz CT molecular complexity index is 1090. The number of imidazole rings is 1. The number of aromatic nitrogens is 3. The van der Waals surface area contributed by atoms with Gasteiger partial charge in [0, 0.05) is 36.3 Å². The Labute approximate surface area is 183 Å². The molecule has 1 aromatic carbocycles. The van der Waals surface area contributed by atoms with Crippen LogP contribution in [0.1, 0.15) is 18.1 Å². The van der Waals surface area contributed by atoms with Crippen molar-refractivity contribution in [2.75, 3.05) is 29.4 Å². The Kier molecular flexibility index (Phi) is 5.58. The van der Waals surface area contributed by atoms with Crippen molar-refractivity contribution in [2.24, 2.45) is 0 Å². The SMILES string of the molecule is CC1CN(c2ncc(CO)cc2Cl)CCN1c1nc2cc(Br)c(C(F)(F)F)cc2[nH]1. The van der Waals surface area contributed by atoms with Gasteiger partial charge in [0.25, 0.3) is 0 Å². The summed E-state index contributed by atoms with van der Waals surface area (Å²) in [4.78, 5) is 15.9. The van der Waals surface area contributed by atoms with Crippen molar-refractivity contribution in [3.05, 3.63) is 45.0 Å². The van der Waals surface area contributed by atoms with E-state index in [2.05, 4.69) is 30.9 Å². The van der Waals surface area contributed by atoms with Crippen LogP contribution < -0.4 is 9.80 Å². The monoisotopic (exact) mass is 503 g/mol. The molecule has 0 spiro atoms. The second kappa shape index (κ2) is 7.90. The number of aliphatic hydroxyl groups excluding tert-OH is 1. The Morgan fingerprint density at radius 3 is 2.70 bits per heavy atom. The highest BCUT2D eigenvalue weighted by molar-refractivity contribution is 9.10. The fourth-order valence-corrected chi connectivity index (χ4v) is 4.49. The zero-order valence-electron chi connectivity index (χ0n) is 15.8. The average Bonchev–Trinajstić information content (AvgIpc) is 3.08. The number of anilines is 2. The molecular formula is C19H18BrClF3N5O. The molecule has 1 unspecified atom stereocenters. The molecule has 0 bridgehead atoms. The zero-order chi connectivity index (χ0) is 21.6. The predicted molar refractivity (Wildman–Crippen MR) is 113 cm³/mol. The molecule has 4 rings (SSSR count). The first kappa shape index (κ1) is 21.2. The van der Waals surface area contributed by atoms with Gasteiger partial charge in [0.1, 0.15) is 5.82 Å². The summed E-state index contributed by atoms with van der Waals surface area (Å²) in [5.41, 5.74) is 0.695. The highest BCUT2D eigenvalue weighted by Gasteiger charge is 2.34. The lowest BCUT2D eigenvalue weighted by Crippen LogP contribution is -2.52. The first-order chi connectivity index (χ1) is 14.2. The van der Waals surface area contributed by atoms with Gasteiger partial charge in [-0.1, -0.05) is 27.5 Å². The van der Waals surface area contributed by atoms with Gasteiger partial charge < -0.3 is 19.9 Å². The molecule has 3 heterocycles. The molecule has 2 N–H and O–H groups in total. The second-order valence-electron chi connectivity index (χ2n) is 7.20. The molecule has 30 heavy (non-hydrogen) atoms. The molecule has 0 amide bonds. The van der Waals surface area contributed by atoms with Crippen molar-refractivity contribution in [2.45, 2.75) is 25.7 Å². The van der Waals surface area contributed by atoms with E-state index in [1.165, 1.54) is 6.07 Å². The number of aromatic amines is 1. The maximum Gasteiger partial charge on any atom is 0.417 e. The summed E-state index contributed by atoms with van der Waals surface area (Å²) >= 11 is 9.31. The maximum absolute atomic E-state index is 13.2. The standard InChI is InChI=1S/C19H18BrClF3N5O/c1-10-8-28(17-14(21)4-11(9-30)7-25-17)2-3-29(10)18-26-15-5-12(19(22,23)24)13(20)6-16(15)27-18/h4-7,10,30H,2-3,8-9H2,1H3,(H,26,27). The van der Waals surface area contributed by atoms with Gasteiger partial charge in [-0.15, -0.1) is 0 Å². The largest absolute Gasteiger partial charge is 0.417 e. The van der Waals surface area contributed by atoms with Gasteiger partial charge in [0.05, 0.1) is 28.2 Å². The lowest BCUT2D eigenvalue weighted by Gasteiger charge is -2.40. The highest BCUT2D eigenvalue weighted by Crippen LogP contribution is 2.37. The minimum absolute atomic E-state index is 0.0141. The molecule has 1 atom stereocenters. The Balaban J connectivity index is 1.57. The molecule has 0 aliphatic carbocycles. The first-order valence-corrected chi connectivity index (χ1v) is 10.4. The number of hydrogen-bond acceptors (Lipinski definition) is 5. The van der Waals surface area contributed by atoms with Crippen molar-refractivity contribution in [1.29, 1.82) is 0 Å². The number of hydrogen-bond donors (Lipinski definition) is 2. The number of nitrogens with zero attached hydrogens (tertiary/aromatic N) is 4. The maximum atomic E-state index is 13.2. The molecule has 1 aliphatic rings. The fourth-order valence-electron chi connectivity index (χ4n) is 3.63. The van der Waals surface area contributed by atoms with Crippen LogP contribution in [0.15, 0.2) is 28.9 Å². The number of rotatable bonds is 3. The number of halogens is 5. The number of aliphatic hydroxyl groups is 1.